The molecule has 10 heteroatoms. The summed E-state index contributed by atoms with van der Waals surface area (Å²) < 4.78 is 15.9. The van der Waals surface area contributed by atoms with Crippen LogP contribution in [-0.2, 0) is 14.3 Å². The Labute approximate surface area is 190 Å². The van der Waals surface area contributed by atoms with Crippen LogP contribution in [0.2, 0.25) is 0 Å². The fourth-order valence-corrected chi connectivity index (χ4v) is 3.41. The van der Waals surface area contributed by atoms with Crippen molar-refractivity contribution < 1.29 is 28.7 Å². The molecule has 0 saturated heterocycles. The van der Waals surface area contributed by atoms with E-state index in [-0.39, 0.29) is 23.5 Å². The van der Waals surface area contributed by atoms with Crippen LogP contribution in [0.15, 0.2) is 48.2 Å². The van der Waals surface area contributed by atoms with Gasteiger partial charge < -0.3 is 19.5 Å². The highest BCUT2D eigenvalue weighted by Crippen LogP contribution is 2.33. The number of nitrogens with one attached hydrogen (secondary N) is 1. The van der Waals surface area contributed by atoms with Gasteiger partial charge >= 0.3 is 0 Å². The van der Waals surface area contributed by atoms with E-state index in [1.54, 1.807) is 18.2 Å². The lowest BCUT2D eigenvalue weighted by Crippen LogP contribution is -2.34. The van der Waals surface area contributed by atoms with Gasteiger partial charge in [-0.05, 0) is 31.0 Å². The number of amides is 2. The monoisotopic (exact) mass is 455 g/mol. The summed E-state index contributed by atoms with van der Waals surface area (Å²) in [6.45, 7) is 3.00. The number of hydrogen-bond acceptors (Lipinski definition) is 8. The van der Waals surface area contributed by atoms with E-state index in [0.29, 0.717) is 42.4 Å². The van der Waals surface area contributed by atoms with Crippen molar-refractivity contribution in [3.05, 3.63) is 63.8 Å². The minimum absolute atomic E-state index is 0.0700. The predicted molar refractivity (Wildman–Crippen MR) is 121 cm³/mol. The third-order valence-electron chi connectivity index (χ3n) is 5.03. The molecule has 174 valence electrons. The first-order valence-electron chi connectivity index (χ1n) is 10.3. The molecule has 0 atom stereocenters. The second-order valence-corrected chi connectivity index (χ2v) is 7.09. The Morgan fingerprint density at radius 1 is 1.00 bits per heavy atom. The molecule has 2 aromatic rings. The number of carbonyl (C=O) groups excluding carboxylic acids is 2. The van der Waals surface area contributed by atoms with Crippen LogP contribution in [0.3, 0.4) is 0 Å². The van der Waals surface area contributed by atoms with E-state index in [1.165, 1.54) is 38.5 Å². The summed E-state index contributed by atoms with van der Waals surface area (Å²) in [4.78, 5) is 38.1. The number of rotatable bonds is 11. The van der Waals surface area contributed by atoms with E-state index in [9.17, 15) is 19.7 Å². The van der Waals surface area contributed by atoms with Gasteiger partial charge in [0.25, 0.3) is 17.5 Å². The SMILES string of the molecule is CCOCCCN1C(=O)C(Nc2cc(OC)cc(OC)c2)=C(c2ccc([N+](=O)[O-])cc2)C1=O. The van der Waals surface area contributed by atoms with Crippen LogP contribution < -0.4 is 14.8 Å². The van der Waals surface area contributed by atoms with E-state index >= 15 is 0 Å². The van der Waals surface area contributed by atoms with Crippen LogP contribution >= 0.6 is 0 Å². The van der Waals surface area contributed by atoms with Gasteiger partial charge in [-0.15, -0.1) is 0 Å². The first-order chi connectivity index (χ1) is 15.9. The standard InChI is InChI=1S/C23H25N3O7/c1-4-33-11-5-10-25-22(27)20(15-6-8-17(9-7-15)26(29)30)21(23(25)28)24-16-12-18(31-2)14-19(13-16)32-3/h6-9,12-14,24H,4-5,10-11H2,1-3H3. The summed E-state index contributed by atoms with van der Waals surface area (Å²) in [6, 6.07) is 10.5. The number of imide groups is 1. The lowest BCUT2D eigenvalue weighted by Gasteiger charge is -2.15. The van der Waals surface area contributed by atoms with Gasteiger partial charge in [-0.1, -0.05) is 0 Å². The molecular formula is C23H25N3O7. The minimum atomic E-state index is -0.526. The van der Waals surface area contributed by atoms with Crippen molar-refractivity contribution in [3.8, 4) is 11.5 Å². The van der Waals surface area contributed by atoms with Crippen molar-refractivity contribution in [1.82, 2.24) is 4.90 Å². The molecular weight excluding hydrogens is 430 g/mol. The average molecular weight is 455 g/mol. The Bertz CT molecular complexity index is 1060. The van der Waals surface area contributed by atoms with Gasteiger partial charge in [-0.2, -0.15) is 0 Å². The fraction of sp³-hybridized carbons (Fsp3) is 0.304. The topological polar surface area (TPSA) is 120 Å². The van der Waals surface area contributed by atoms with Crippen LogP contribution in [-0.4, -0.2) is 55.6 Å². The number of nitrogens with zero attached hydrogens (tertiary/aromatic N) is 2. The van der Waals surface area contributed by atoms with Crippen LogP contribution in [0.1, 0.15) is 18.9 Å². The number of carbonyl (C=O) groups is 2. The Balaban J connectivity index is 2.00. The first kappa shape index (κ1) is 23.7. The van der Waals surface area contributed by atoms with Crippen LogP contribution in [0.4, 0.5) is 11.4 Å². The third-order valence-corrected chi connectivity index (χ3v) is 5.03. The predicted octanol–water partition coefficient (Wildman–Crippen LogP) is 3.23. The zero-order valence-corrected chi connectivity index (χ0v) is 18.6. The summed E-state index contributed by atoms with van der Waals surface area (Å²) in [5, 5.41) is 14.0. The smallest absolute Gasteiger partial charge is 0.278 e. The van der Waals surface area contributed by atoms with E-state index < -0.39 is 16.7 Å². The van der Waals surface area contributed by atoms with Gasteiger partial charge in [0.2, 0.25) is 0 Å². The van der Waals surface area contributed by atoms with Crippen molar-refractivity contribution in [2.75, 3.05) is 39.3 Å². The molecule has 0 saturated carbocycles. The molecule has 1 N–H and O–H groups in total. The average Bonchev–Trinajstić information content (AvgIpc) is 3.05. The molecule has 0 spiro atoms. The van der Waals surface area contributed by atoms with Gasteiger partial charge in [0.05, 0.1) is 24.7 Å². The second kappa shape index (κ2) is 10.6. The summed E-state index contributed by atoms with van der Waals surface area (Å²) in [7, 11) is 3.01. The molecule has 0 aromatic heterocycles. The molecule has 1 aliphatic rings. The van der Waals surface area contributed by atoms with Crippen LogP contribution in [0.25, 0.3) is 5.57 Å². The molecule has 3 rings (SSSR count). The third kappa shape index (κ3) is 5.29. The maximum atomic E-state index is 13.2. The summed E-state index contributed by atoms with van der Waals surface area (Å²) >= 11 is 0. The minimum Gasteiger partial charge on any atom is -0.497 e. The maximum absolute atomic E-state index is 13.2. The van der Waals surface area contributed by atoms with E-state index in [4.69, 9.17) is 14.2 Å². The number of nitro benzene ring substituents is 1. The highest BCUT2D eigenvalue weighted by molar-refractivity contribution is 6.36. The highest BCUT2D eigenvalue weighted by Gasteiger charge is 2.39. The number of nitro groups is 1. The zero-order valence-electron chi connectivity index (χ0n) is 18.6. The quantitative estimate of drug-likeness (QED) is 0.237. The summed E-state index contributed by atoms with van der Waals surface area (Å²) in [5.74, 6) is 0.0220. The molecule has 2 amide bonds. The molecule has 33 heavy (non-hydrogen) atoms. The molecule has 10 nitrogen and oxygen atoms in total. The summed E-state index contributed by atoms with van der Waals surface area (Å²) in [5.41, 5.74) is 0.965. The largest absolute Gasteiger partial charge is 0.497 e. The molecule has 1 aliphatic heterocycles. The Hall–Kier alpha value is -3.92. The van der Waals surface area contributed by atoms with Gasteiger partial charge in [-0.25, -0.2) is 0 Å². The number of methoxy groups -OCH3 is 2. The van der Waals surface area contributed by atoms with E-state index in [0.717, 1.165) is 4.90 Å². The van der Waals surface area contributed by atoms with Gasteiger partial charge in [0.1, 0.15) is 17.2 Å². The van der Waals surface area contributed by atoms with Crippen molar-refractivity contribution in [2.24, 2.45) is 0 Å². The Morgan fingerprint density at radius 3 is 2.18 bits per heavy atom. The van der Waals surface area contributed by atoms with Crippen molar-refractivity contribution >= 4 is 28.8 Å². The second-order valence-electron chi connectivity index (χ2n) is 7.09. The first-order valence-corrected chi connectivity index (χ1v) is 10.3. The van der Waals surface area contributed by atoms with Crippen molar-refractivity contribution in [2.45, 2.75) is 13.3 Å². The molecule has 2 aromatic carbocycles. The lowest BCUT2D eigenvalue weighted by atomic mass is 10.0. The molecule has 1 heterocycles. The van der Waals surface area contributed by atoms with Gasteiger partial charge in [0.15, 0.2) is 0 Å². The normalized spacial score (nSPS) is 13.5. The van der Waals surface area contributed by atoms with Crippen molar-refractivity contribution in [3.63, 3.8) is 0 Å². The molecule has 0 radical (unpaired) electrons. The molecule has 0 aliphatic carbocycles. The zero-order chi connectivity index (χ0) is 24.0. The van der Waals surface area contributed by atoms with Crippen LogP contribution in [0.5, 0.6) is 11.5 Å². The van der Waals surface area contributed by atoms with E-state index in [2.05, 4.69) is 5.32 Å². The fourth-order valence-electron chi connectivity index (χ4n) is 3.41. The maximum Gasteiger partial charge on any atom is 0.278 e. The van der Waals surface area contributed by atoms with Crippen LogP contribution in [0, 0.1) is 10.1 Å². The molecule has 0 bridgehead atoms. The number of hydrogen-bond donors (Lipinski definition) is 1. The van der Waals surface area contributed by atoms with E-state index in [1.807, 2.05) is 6.92 Å². The van der Waals surface area contributed by atoms with Gasteiger partial charge in [0, 0.05) is 55.8 Å². The Kier molecular flexibility index (Phi) is 7.62. The number of anilines is 1. The number of ether oxygens (including phenoxy) is 3. The van der Waals surface area contributed by atoms with Gasteiger partial charge in [-0.3, -0.25) is 24.6 Å². The highest BCUT2D eigenvalue weighted by atomic mass is 16.6. The van der Waals surface area contributed by atoms with Crippen molar-refractivity contribution in [1.29, 1.82) is 0 Å². The lowest BCUT2D eigenvalue weighted by molar-refractivity contribution is -0.384. The number of benzene rings is 2. The summed E-state index contributed by atoms with van der Waals surface area (Å²) in [6.07, 6.45) is 0.485. The Morgan fingerprint density at radius 2 is 1.64 bits per heavy atom. The molecule has 0 unspecified atom stereocenters. The number of non-ortho nitro benzene ring substituents is 1. The molecule has 0 fully saturated rings.